The Kier molecular flexibility index (Phi) is 5.68. The van der Waals surface area contributed by atoms with Gasteiger partial charge in [-0.15, -0.1) is 0 Å². The minimum absolute atomic E-state index is 0.124. The second kappa shape index (κ2) is 7.92. The molecule has 0 saturated carbocycles. The Morgan fingerprint density at radius 2 is 1.46 bits per heavy atom. The van der Waals surface area contributed by atoms with Crippen LogP contribution in [0, 0.1) is 6.92 Å². The number of benzene rings is 2. The minimum Gasteiger partial charge on any atom is -0.343 e. The van der Waals surface area contributed by atoms with Crippen molar-refractivity contribution in [1.29, 1.82) is 0 Å². The van der Waals surface area contributed by atoms with Gasteiger partial charge in [0, 0.05) is 23.9 Å². The lowest BCUT2D eigenvalue weighted by atomic mass is 10.1. The fourth-order valence-electron chi connectivity index (χ4n) is 2.13. The van der Waals surface area contributed by atoms with Crippen LogP contribution < -0.4 is 16.0 Å². The van der Waals surface area contributed by atoms with Gasteiger partial charge >= 0.3 is 0 Å². The van der Waals surface area contributed by atoms with Gasteiger partial charge < -0.3 is 16.0 Å². The molecular weight excluding hydrogens is 306 g/mol. The third-order valence-corrected chi connectivity index (χ3v) is 3.29. The van der Waals surface area contributed by atoms with Crippen molar-refractivity contribution < 1.29 is 14.4 Å². The summed E-state index contributed by atoms with van der Waals surface area (Å²) < 4.78 is 0. The summed E-state index contributed by atoms with van der Waals surface area (Å²) in [6.45, 7) is 3.14. The number of rotatable bonds is 5. The van der Waals surface area contributed by atoms with E-state index in [0.717, 1.165) is 5.56 Å². The first kappa shape index (κ1) is 17.2. The maximum atomic E-state index is 12.0. The van der Waals surface area contributed by atoms with Gasteiger partial charge in [-0.2, -0.15) is 0 Å². The van der Waals surface area contributed by atoms with Crippen LogP contribution in [0.3, 0.4) is 0 Å². The SMILES string of the molecule is CC(=O)Nc1ccc(NC(=O)CNC(=O)c2ccccc2C)cc1. The Morgan fingerprint density at radius 3 is 2.04 bits per heavy atom. The van der Waals surface area contributed by atoms with Crippen LogP contribution in [-0.2, 0) is 9.59 Å². The Hall–Kier alpha value is -3.15. The van der Waals surface area contributed by atoms with Crippen molar-refractivity contribution in [3.8, 4) is 0 Å². The topological polar surface area (TPSA) is 87.3 Å². The summed E-state index contributed by atoms with van der Waals surface area (Å²) in [7, 11) is 0. The molecule has 0 saturated heterocycles. The summed E-state index contributed by atoms with van der Waals surface area (Å²) in [5.74, 6) is -0.779. The average molecular weight is 325 g/mol. The van der Waals surface area contributed by atoms with E-state index >= 15 is 0 Å². The second-order valence-electron chi connectivity index (χ2n) is 5.30. The molecule has 0 spiro atoms. The highest BCUT2D eigenvalue weighted by Gasteiger charge is 2.10. The lowest BCUT2D eigenvalue weighted by molar-refractivity contribution is -0.115. The smallest absolute Gasteiger partial charge is 0.251 e. The van der Waals surface area contributed by atoms with E-state index in [1.807, 2.05) is 19.1 Å². The highest BCUT2D eigenvalue weighted by Crippen LogP contribution is 2.13. The van der Waals surface area contributed by atoms with Crippen molar-refractivity contribution in [2.24, 2.45) is 0 Å². The van der Waals surface area contributed by atoms with Crippen LogP contribution in [0.25, 0.3) is 0 Å². The second-order valence-corrected chi connectivity index (χ2v) is 5.30. The number of amides is 3. The molecule has 2 aromatic rings. The number of carbonyl (C=O) groups excluding carboxylic acids is 3. The molecule has 24 heavy (non-hydrogen) atoms. The Morgan fingerprint density at radius 1 is 0.875 bits per heavy atom. The van der Waals surface area contributed by atoms with Gasteiger partial charge in [0.1, 0.15) is 0 Å². The molecule has 124 valence electrons. The highest BCUT2D eigenvalue weighted by atomic mass is 16.2. The molecule has 0 aliphatic carbocycles. The third-order valence-electron chi connectivity index (χ3n) is 3.29. The Balaban J connectivity index is 1.86. The van der Waals surface area contributed by atoms with E-state index in [9.17, 15) is 14.4 Å². The van der Waals surface area contributed by atoms with E-state index in [4.69, 9.17) is 0 Å². The quantitative estimate of drug-likeness (QED) is 0.788. The van der Waals surface area contributed by atoms with Gasteiger partial charge in [0.2, 0.25) is 11.8 Å². The number of hydrogen-bond acceptors (Lipinski definition) is 3. The monoisotopic (exact) mass is 325 g/mol. The van der Waals surface area contributed by atoms with E-state index in [2.05, 4.69) is 16.0 Å². The van der Waals surface area contributed by atoms with E-state index < -0.39 is 0 Å². The number of hydrogen-bond donors (Lipinski definition) is 3. The van der Waals surface area contributed by atoms with Crippen LogP contribution in [0.5, 0.6) is 0 Å². The molecule has 0 radical (unpaired) electrons. The molecule has 0 aliphatic rings. The van der Waals surface area contributed by atoms with E-state index in [1.54, 1.807) is 36.4 Å². The van der Waals surface area contributed by atoms with Crippen molar-refractivity contribution in [3.05, 3.63) is 59.7 Å². The lowest BCUT2D eigenvalue weighted by Crippen LogP contribution is -2.33. The molecule has 2 rings (SSSR count). The maximum absolute atomic E-state index is 12.0. The van der Waals surface area contributed by atoms with Gasteiger partial charge in [-0.1, -0.05) is 18.2 Å². The van der Waals surface area contributed by atoms with Crippen molar-refractivity contribution in [2.45, 2.75) is 13.8 Å². The number of carbonyl (C=O) groups is 3. The fourth-order valence-corrected chi connectivity index (χ4v) is 2.13. The largest absolute Gasteiger partial charge is 0.343 e. The van der Waals surface area contributed by atoms with Crippen LogP contribution >= 0.6 is 0 Å². The van der Waals surface area contributed by atoms with Gasteiger partial charge in [-0.05, 0) is 42.8 Å². The number of nitrogens with one attached hydrogen (secondary N) is 3. The summed E-state index contributed by atoms with van der Waals surface area (Å²) in [6.07, 6.45) is 0. The standard InChI is InChI=1S/C18H19N3O3/c1-12-5-3-4-6-16(12)18(24)19-11-17(23)21-15-9-7-14(8-10-15)20-13(2)22/h3-10H,11H2,1-2H3,(H,19,24)(H,20,22)(H,21,23). The summed E-state index contributed by atoms with van der Waals surface area (Å²) in [5, 5.41) is 7.91. The molecule has 0 heterocycles. The molecule has 0 unspecified atom stereocenters. The Bertz CT molecular complexity index is 754. The van der Waals surface area contributed by atoms with Gasteiger partial charge in [0.25, 0.3) is 5.91 Å². The molecular formula is C18H19N3O3. The van der Waals surface area contributed by atoms with Crippen LogP contribution in [-0.4, -0.2) is 24.3 Å². The molecule has 3 N–H and O–H groups in total. The van der Waals surface area contributed by atoms with Crippen molar-refractivity contribution in [2.75, 3.05) is 17.2 Å². The molecule has 0 aromatic heterocycles. The number of aryl methyl sites for hydroxylation is 1. The lowest BCUT2D eigenvalue weighted by Gasteiger charge is -2.09. The zero-order valence-corrected chi connectivity index (χ0v) is 13.6. The summed E-state index contributed by atoms with van der Waals surface area (Å²) in [6, 6.07) is 13.9. The molecule has 0 fully saturated rings. The van der Waals surface area contributed by atoms with Crippen LogP contribution in [0.15, 0.2) is 48.5 Å². The minimum atomic E-state index is -0.329. The molecule has 6 nitrogen and oxygen atoms in total. The molecule has 2 aromatic carbocycles. The highest BCUT2D eigenvalue weighted by molar-refractivity contribution is 6.00. The first-order valence-electron chi connectivity index (χ1n) is 7.47. The van der Waals surface area contributed by atoms with E-state index in [-0.39, 0.29) is 24.3 Å². The van der Waals surface area contributed by atoms with Crippen LogP contribution in [0.4, 0.5) is 11.4 Å². The van der Waals surface area contributed by atoms with E-state index in [1.165, 1.54) is 6.92 Å². The van der Waals surface area contributed by atoms with Crippen molar-refractivity contribution >= 4 is 29.1 Å². The first-order valence-corrected chi connectivity index (χ1v) is 7.47. The van der Waals surface area contributed by atoms with E-state index in [0.29, 0.717) is 16.9 Å². The zero-order valence-electron chi connectivity index (χ0n) is 13.6. The maximum Gasteiger partial charge on any atom is 0.251 e. The van der Waals surface area contributed by atoms with Crippen LogP contribution in [0.1, 0.15) is 22.8 Å². The van der Waals surface area contributed by atoms with Gasteiger partial charge in [0.15, 0.2) is 0 Å². The number of anilines is 2. The molecule has 0 atom stereocenters. The Labute approximate surface area is 140 Å². The van der Waals surface area contributed by atoms with Crippen LogP contribution in [0.2, 0.25) is 0 Å². The van der Waals surface area contributed by atoms with Gasteiger partial charge in [-0.3, -0.25) is 14.4 Å². The third kappa shape index (κ3) is 4.95. The summed E-state index contributed by atoms with van der Waals surface area (Å²) in [4.78, 5) is 34.9. The summed E-state index contributed by atoms with van der Waals surface area (Å²) in [5.41, 5.74) is 2.63. The van der Waals surface area contributed by atoms with Crippen molar-refractivity contribution in [3.63, 3.8) is 0 Å². The first-order chi connectivity index (χ1) is 11.5. The van der Waals surface area contributed by atoms with Gasteiger partial charge in [0.05, 0.1) is 6.54 Å². The zero-order chi connectivity index (χ0) is 17.5. The average Bonchev–Trinajstić information content (AvgIpc) is 2.54. The fraction of sp³-hybridized carbons (Fsp3) is 0.167. The molecule has 6 heteroatoms. The summed E-state index contributed by atoms with van der Waals surface area (Å²) >= 11 is 0. The van der Waals surface area contributed by atoms with Crippen molar-refractivity contribution in [1.82, 2.24) is 5.32 Å². The molecule has 3 amide bonds. The normalized spacial score (nSPS) is 9.92. The predicted molar refractivity (Wildman–Crippen MR) is 92.9 cm³/mol. The molecule has 0 aliphatic heterocycles. The molecule has 0 bridgehead atoms. The predicted octanol–water partition coefficient (Wildman–Crippen LogP) is 2.32. The van der Waals surface area contributed by atoms with Gasteiger partial charge in [-0.25, -0.2) is 0 Å².